The number of halogens is 3. The van der Waals surface area contributed by atoms with Crippen LogP contribution < -0.4 is 20.1 Å². The molecule has 3 rings (SSSR count). The van der Waals surface area contributed by atoms with E-state index in [9.17, 15) is 8.78 Å². The quantitative estimate of drug-likeness (QED) is 0.299. The summed E-state index contributed by atoms with van der Waals surface area (Å²) < 4.78 is 37.3. The average molecular weight is 550 g/mol. The van der Waals surface area contributed by atoms with E-state index in [-0.39, 0.29) is 36.3 Å². The summed E-state index contributed by atoms with van der Waals surface area (Å²) in [4.78, 5) is 4.19. The molecule has 0 spiro atoms. The fraction of sp³-hybridized carbons (Fsp3) is 0.550. The number of alkyl halides is 2. The standard InChI is InChI=1S/C20H28F2N6O2.HI/c1-23-20(24-10-9-18-27-26-17-6-4-3-5-11-28(17)18)25-13-14-12-15(29-2)7-8-16(14)30-19(21)22;/h7-8,12,19H,3-6,9-11,13H2,1-2H3,(H2,23,24,25);1H. The Morgan fingerprint density at radius 3 is 2.81 bits per heavy atom. The molecule has 0 bridgehead atoms. The molecule has 0 aliphatic carbocycles. The van der Waals surface area contributed by atoms with E-state index in [1.165, 1.54) is 19.6 Å². The molecule has 1 aliphatic heterocycles. The Bertz CT molecular complexity index is 862. The highest BCUT2D eigenvalue weighted by Gasteiger charge is 2.15. The number of fused-ring (bicyclic) bond motifs is 1. The van der Waals surface area contributed by atoms with Crippen molar-refractivity contribution in [1.29, 1.82) is 0 Å². The van der Waals surface area contributed by atoms with Crippen LogP contribution in [0.25, 0.3) is 0 Å². The van der Waals surface area contributed by atoms with Gasteiger partial charge in [0.2, 0.25) is 0 Å². The molecular formula is C20H29F2IN6O2. The lowest BCUT2D eigenvalue weighted by Gasteiger charge is -2.15. The number of ether oxygens (including phenoxy) is 2. The van der Waals surface area contributed by atoms with Crippen molar-refractivity contribution in [2.24, 2.45) is 4.99 Å². The van der Waals surface area contributed by atoms with Crippen LogP contribution in [0.4, 0.5) is 8.78 Å². The van der Waals surface area contributed by atoms with Gasteiger partial charge in [-0.2, -0.15) is 8.78 Å². The van der Waals surface area contributed by atoms with E-state index in [4.69, 9.17) is 4.74 Å². The highest BCUT2D eigenvalue weighted by atomic mass is 127. The zero-order chi connectivity index (χ0) is 21.3. The largest absolute Gasteiger partial charge is 0.497 e. The molecule has 0 amide bonds. The van der Waals surface area contributed by atoms with Gasteiger partial charge < -0.3 is 24.7 Å². The third kappa shape index (κ3) is 7.18. The maximum absolute atomic E-state index is 12.7. The van der Waals surface area contributed by atoms with Crippen LogP contribution in [0.2, 0.25) is 0 Å². The van der Waals surface area contributed by atoms with Crippen molar-refractivity contribution < 1.29 is 18.3 Å². The van der Waals surface area contributed by atoms with Gasteiger partial charge in [0.05, 0.1) is 7.11 Å². The number of aliphatic imine (C=N–C) groups is 1. The predicted octanol–water partition coefficient (Wildman–Crippen LogP) is 3.14. The van der Waals surface area contributed by atoms with Gasteiger partial charge in [-0.15, -0.1) is 34.2 Å². The van der Waals surface area contributed by atoms with E-state index in [0.717, 1.165) is 37.5 Å². The van der Waals surface area contributed by atoms with Crippen LogP contribution in [0.15, 0.2) is 23.2 Å². The molecule has 1 aliphatic rings. The number of nitrogens with one attached hydrogen (secondary N) is 2. The third-order valence-corrected chi connectivity index (χ3v) is 4.98. The van der Waals surface area contributed by atoms with Crippen LogP contribution in [-0.4, -0.2) is 48.0 Å². The van der Waals surface area contributed by atoms with Gasteiger partial charge in [0.25, 0.3) is 0 Å². The summed E-state index contributed by atoms with van der Waals surface area (Å²) in [6, 6.07) is 4.70. The Balaban J connectivity index is 0.00000341. The SMILES string of the molecule is CN=C(NCCc1nnc2n1CCCCC2)NCc1cc(OC)ccc1OC(F)F.I. The number of hydrogen-bond donors (Lipinski definition) is 2. The molecule has 11 heteroatoms. The lowest BCUT2D eigenvalue weighted by molar-refractivity contribution is -0.0504. The van der Waals surface area contributed by atoms with E-state index >= 15 is 0 Å². The van der Waals surface area contributed by atoms with Gasteiger partial charge in [-0.05, 0) is 31.0 Å². The number of hydrogen-bond acceptors (Lipinski definition) is 5. The minimum atomic E-state index is -2.90. The maximum Gasteiger partial charge on any atom is 0.387 e. The van der Waals surface area contributed by atoms with Gasteiger partial charge in [-0.1, -0.05) is 6.42 Å². The maximum atomic E-state index is 12.7. The molecular weight excluding hydrogens is 521 g/mol. The van der Waals surface area contributed by atoms with Gasteiger partial charge in [-0.25, -0.2) is 0 Å². The monoisotopic (exact) mass is 550 g/mol. The molecule has 31 heavy (non-hydrogen) atoms. The van der Waals surface area contributed by atoms with Crippen molar-refractivity contribution in [3.63, 3.8) is 0 Å². The second-order valence-electron chi connectivity index (χ2n) is 6.95. The zero-order valence-corrected chi connectivity index (χ0v) is 20.1. The normalized spacial score (nSPS) is 13.8. The topological polar surface area (TPSA) is 85.6 Å². The third-order valence-electron chi connectivity index (χ3n) is 4.98. The molecule has 2 N–H and O–H groups in total. The van der Waals surface area contributed by atoms with E-state index in [0.29, 0.717) is 30.2 Å². The van der Waals surface area contributed by atoms with Crippen LogP contribution >= 0.6 is 24.0 Å². The number of aromatic nitrogens is 3. The van der Waals surface area contributed by atoms with Gasteiger partial charge in [0.15, 0.2) is 5.96 Å². The van der Waals surface area contributed by atoms with Crippen LogP contribution in [0.3, 0.4) is 0 Å². The summed E-state index contributed by atoms with van der Waals surface area (Å²) >= 11 is 0. The molecule has 2 aromatic rings. The van der Waals surface area contributed by atoms with E-state index < -0.39 is 6.61 Å². The lowest BCUT2D eigenvalue weighted by Crippen LogP contribution is -2.38. The second kappa shape index (κ2) is 12.6. The molecule has 8 nitrogen and oxygen atoms in total. The smallest absolute Gasteiger partial charge is 0.387 e. The first-order chi connectivity index (χ1) is 14.6. The number of rotatable bonds is 8. The van der Waals surface area contributed by atoms with Crippen molar-refractivity contribution in [1.82, 2.24) is 25.4 Å². The van der Waals surface area contributed by atoms with Crippen LogP contribution in [0.1, 0.15) is 36.5 Å². The summed E-state index contributed by atoms with van der Waals surface area (Å²) in [5.74, 6) is 3.24. The van der Waals surface area contributed by atoms with Gasteiger partial charge >= 0.3 is 6.61 Å². The zero-order valence-electron chi connectivity index (χ0n) is 17.7. The molecule has 0 radical (unpaired) electrons. The minimum absolute atomic E-state index is 0. The predicted molar refractivity (Wildman–Crippen MR) is 125 cm³/mol. The number of benzene rings is 1. The van der Waals surface area contributed by atoms with E-state index in [1.54, 1.807) is 19.2 Å². The average Bonchev–Trinajstić information content (AvgIpc) is 2.96. The molecule has 0 saturated carbocycles. The molecule has 0 unspecified atom stereocenters. The summed E-state index contributed by atoms with van der Waals surface area (Å²) in [7, 11) is 3.17. The summed E-state index contributed by atoms with van der Waals surface area (Å²) in [6.07, 6.45) is 5.23. The van der Waals surface area contributed by atoms with Crippen molar-refractivity contribution in [3.8, 4) is 11.5 Å². The van der Waals surface area contributed by atoms with Crippen LogP contribution in [-0.2, 0) is 25.9 Å². The highest BCUT2D eigenvalue weighted by Crippen LogP contribution is 2.25. The van der Waals surface area contributed by atoms with Crippen molar-refractivity contribution in [2.45, 2.75) is 51.8 Å². The van der Waals surface area contributed by atoms with Crippen molar-refractivity contribution >= 4 is 29.9 Å². The summed E-state index contributed by atoms with van der Waals surface area (Å²) in [5.41, 5.74) is 0.542. The van der Waals surface area contributed by atoms with Gasteiger partial charge in [0.1, 0.15) is 23.1 Å². The molecule has 1 aromatic carbocycles. The van der Waals surface area contributed by atoms with Crippen LogP contribution in [0.5, 0.6) is 11.5 Å². The molecule has 0 saturated heterocycles. The first-order valence-electron chi connectivity index (χ1n) is 10.1. The molecule has 2 heterocycles. The fourth-order valence-corrected chi connectivity index (χ4v) is 3.45. The number of methoxy groups -OCH3 is 1. The Morgan fingerprint density at radius 2 is 2.06 bits per heavy atom. The fourth-order valence-electron chi connectivity index (χ4n) is 3.45. The van der Waals surface area contributed by atoms with E-state index in [1.807, 2.05) is 0 Å². The lowest BCUT2D eigenvalue weighted by atomic mass is 10.2. The molecule has 1 aromatic heterocycles. The first kappa shape index (κ1) is 25.1. The molecule has 0 fully saturated rings. The van der Waals surface area contributed by atoms with E-state index in [2.05, 4.69) is 35.1 Å². The first-order valence-corrected chi connectivity index (χ1v) is 10.1. The number of nitrogens with zero attached hydrogens (tertiary/aromatic N) is 4. The Hall–Kier alpha value is -2.18. The summed E-state index contributed by atoms with van der Waals surface area (Å²) in [5, 5.41) is 15.0. The van der Waals surface area contributed by atoms with Crippen LogP contribution in [0, 0.1) is 0 Å². The number of guanidine groups is 1. The van der Waals surface area contributed by atoms with Crippen molar-refractivity contribution in [2.75, 3.05) is 20.7 Å². The Morgan fingerprint density at radius 1 is 1.23 bits per heavy atom. The molecule has 0 atom stereocenters. The Labute approximate surface area is 197 Å². The van der Waals surface area contributed by atoms with Gasteiger partial charge in [0, 0.05) is 45.1 Å². The Kier molecular flexibility index (Phi) is 10.2. The second-order valence-corrected chi connectivity index (χ2v) is 6.95. The highest BCUT2D eigenvalue weighted by molar-refractivity contribution is 14.0. The number of aryl methyl sites for hydroxylation is 1. The van der Waals surface area contributed by atoms with Gasteiger partial charge in [-0.3, -0.25) is 4.99 Å². The summed E-state index contributed by atoms with van der Waals surface area (Å²) in [6.45, 7) is -1.06. The molecule has 172 valence electrons. The van der Waals surface area contributed by atoms with Crippen molar-refractivity contribution in [3.05, 3.63) is 35.4 Å². The minimum Gasteiger partial charge on any atom is -0.497 e.